The number of rotatable bonds is 8. The Morgan fingerprint density at radius 1 is 1.17 bits per heavy atom. The zero-order valence-electron chi connectivity index (χ0n) is 16.3. The van der Waals surface area contributed by atoms with E-state index < -0.39 is 0 Å². The van der Waals surface area contributed by atoms with Gasteiger partial charge >= 0.3 is 0 Å². The van der Waals surface area contributed by atoms with Crippen molar-refractivity contribution in [1.29, 1.82) is 0 Å². The van der Waals surface area contributed by atoms with Gasteiger partial charge in [0.25, 0.3) is 0 Å². The first-order valence-corrected chi connectivity index (χ1v) is 9.75. The van der Waals surface area contributed by atoms with E-state index in [-0.39, 0.29) is 0 Å². The Balaban J connectivity index is 1.60. The van der Waals surface area contributed by atoms with Crippen LogP contribution in [0.3, 0.4) is 0 Å². The number of H-pyrrole nitrogens is 1. The molecule has 2 aromatic carbocycles. The molecule has 1 fully saturated rings. The van der Waals surface area contributed by atoms with Gasteiger partial charge < -0.3 is 14.2 Å². The van der Waals surface area contributed by atoms with Crippen LogP contribution in [0.2, 0.25) is 0 Å². The van der Waals surface area contributed by atoms with Crippen molar-refractivity contribution >= 4 is 18.4 Å². The fraction of sp³-hybridized carbons (Fsp3) is 0.286. The lowest BCUT2D eigenvalue weighted by atomic mass is 10.2. The molecule has 1 aliphatic rings. The normalized spacial score (nSPS) is 13.6. The van der Waals surface area contributed by atoms with E-state index in [1.54, 1.807) is 25.1 Å². The number of ether oxygens (including phenoxy) is 3. The summed E-state index contributed by atoms with van der Waals surface area (Å²) in [5.74, 6) is 2.99. The summed E-state index contributed by atoms with van der Waals surface area (Å²) in [6.45, 7) is 0.413. The van der Waals surface area contributed by atoms with Crippen molar-refractivity contribution in [2.45, 2.75) is 25.4 Å². The molecule has 0 bridgehead atoms. The molecule has 0 amide bonds. The third-order valence-corrected chi connectivity index (χ3v) is 4.91. The van der Waals surface area contributed by atoms with Gasteiger partial charge in [-0.3, -0.25) is 5.10 Å². The largest absolute Gasteiger partial charge is 0.493 e. The number of benzene rings is 2. The number of aromatic amines is 1. The molecule has 4 rings (SSSR count). The minimum absolute atomic E-state index is 0.413. The summed E-state index contributed by atoms with van der Waals surface area (Å²) in [6.07, 6.45) is 3.94. The van der Waals surface area contributed by atoms with E-state index in [4.69, 9.17) is 26.4 Å². The molecule has 1 aliphatic carbocycles. The average Bonchev–Trinajstić information content (AvgIpc) is 3.53. The Bertz CT molecular complexity index is 1050. The van der Waals surface area contributed by atoms with Crippen molar-refractivity contribution < 1.29 is 14.2 Å². The molecule has 8 heteroatoms. The van der Waals surface area contributed by atoms with Crippen LogP contribution in [0, 0.1) is 4.77 Å². The van der Waals surface area contributed by atoms with Gasteiger partial charge in [0.15, 0.2) is 17.3 Å². The molecule has 3 aromatic rings. The van der Waals surface area contributed by atoms with Crippen LogP contribution < -0.4 is 14.2 Å². The molecule has 150 valence electrons. The Labute approximate surface area is 173 Å². The van der Waals surface area contributed by atoms with E-state index in [0.717, 1.165) is 29.8 Å². The van der Waals surface area contributed by atoms with Gasteiger partial charge in [0.05, 0.1) is 20.4 Å². The molecular weight excluding hydrogens is 388 g/mol. The summed E-state index contributed by atoms with van der Waals surface area (Å²) in [5.41, 5.74) is 1.86. The lowest BCUT2D eigenvalue weighted by Gasteiger charge is -2.15. The van der Waals surface area contributed by atoms with Crippen molar-refractivity contribution in [3.63, 3.8) is 0 Å². The highest BCUT2D eigenvalue weighted by atomic mass is 32.1. The predicted octanol–water partition coefficient (Wildman–Crippen LogP) is 4.30. The molecule has 1 saturated carbocycles. The van der Waals surface area contributed by atoms with Crippen LogP contribution in [-0.2, 0) is 6.61 Å². The van der Waals surface area contributed by atoms with Gasteiger partial charge in [-0.25, -0.2) is 0 Å². The van der Waals surface area contributed by atoms with E-state index in [9.17, 15) is 0 Å². The van der Waals surface area contributed by atoms with Crippen molar-refractivity contribution in [2.75, 3.05) is 14.2 Å². The van der Waals surface area contributed by atoms with Gasteiger partial charge in [-0.15, -0.1) is 0 Å². The predicted molar refractivity (Wildman–Crippen MR) is 113 cm³/mol. The fourth-order valence-electron chi connectivity index (χ4n) is 2.99. The molecule has 0 aliphatic heterocycles. The van der Waals surface area contributed by atoms with Gasteiger partial charge in [-0.2, -0.15) is 14.9 Å². The SMILES string of the molecule is COc1cc(/C=N\n2c(C3CC3)n[nH]c2=S)cc(OC)c1OCc1ccccc1. The maximum Gasteiger partial charge on any atom is 0.216 e. The lowest BCUT2D eigenvalue weighted by Crippen LogP contribution is -2.02. The quantitative estimate of drug-likeness (QED) is 0.443. The highest BCUT2D eigenvalue weighted by Crippen LogP contribution is 2.40. The van der Waals surface area contributed by atoms with Crippen LogP contribution in [0.5, 0.6) is 17.2 Å². The topological polar surface area (TPSA) is 73.7 Å². The van der Waals surface area contributed by atoms with E-state index in [1.807, 2.05) is 42.5 Å². The lowest BCUT2D eigenvalue weighted by molar-refractivity contribution is 0.266. The number of nitrogens with one attached hydrogen (secondary N) is 1. The second-order valence-corrected chi connectivity index (χ2v) is 7.13. The maximum absolute atomic E-state index is 5.99. The standard InChI is InChI=1S/C21H22N4O3S/c1-26-17-10-15(12-22-25-20(16-8-9-16)23-24-21(25)29)11-18(27-2)19(17)28-13-14-6-4-3-5-7-14/h3-7,10-12,16H,8-9,13H2,1-2H3,(H,24,29)/b22-12-. The van der Waals surface area contributed by atoms with Gasteiger partial charge in [-0.1, -0.05) is 30.3 Å². The summed E-state index contributed by atoms with van der Waals surface area (Å²) < 4.78 is 19.2. The summed E-state index contributed by atoms with van der Waals surface area (Å²) in [5, 5.41) is 11.6. The fourth-order valence-corrected chi connectivity index (χ4v) is 3.18. The second kappa shape index (κ2) is 8.48. The van der Waals surface area contributed by atoms with Crippen LogP contribution in [-0.4, -0.2) is 35.3 Å². The number of methoxy groups -OCH3 is 2. The molecule has 7 nitrogen and oxygen atoms in total. The average molecular weight is 410 g/mol. The molecule has 1 N–H and O–H groups in total. The Morgan fingerprint density at radius 2 is 1.86 bits per heavy atom. The minimum Gasteiger partial charge on any atom is -0.493 e. The zero-order valence-corrected chi connectivity index (χ0v) is 17.1. The van der Waals surface area contributed by atoms with Gasteiger partial charge in [0.1, 0.15) is 6.61 Å². The first-order valence-electron chi connectivity index (χ1n) is 9.34. The first kappa shape index (κ1) is 19.2. The summed E-state index contributed by atoms with van der Waals surface area (Å²) in [7, 11) is 3.20. The highest BCUT2D eigenvalue weighted by molar-refractivity contribution is 7.71. The number of nitrogens with zero attached hydrogens (tertiary/aromatic N) is 3. The van der Waals surface area contributed by atoms with E-state index >= 15 is 0 Å². The molecule has 0 radical (unpaired) electrons. The molecule has 29 heavy (non-hydrogen) atoms. The third kappa shape index (κ3) is 4.32. The van der Waals surface area contributed by atoms with Crippen molar-refractivity contribution in [1.82, 2.24) is 14.9 Å². The van der Waals surface area contributed by atoms with E-state index in [0.29, 0.717) is 34.5 Å². The third-order valence-electron chi connectivity index (χ3n) is 4.65. The number of aromatic nitrogens is 3. The van der Waals surface area contributed by atoms with Gasteiger partial charge in [-0.05, 0) is 42.8 Å². The number of hydrogen-bond acceptors (Lipinski definition) is 6. The second-order valence-electron chi connectivity index (χ2n) is 6.75. The summed E-state index contributed by atoms with van der Waals surface area (Å²) in [4.78, 5) is 0. The smallest absolute Gasteiger partial charge is 0.216 e. The summed E-state index contributed by atoms with van der Waals surface area (Å²) in [6, 6.07) is 13.6. The molecule has 0 spiro atoms. The van der Waals surface area contributed by atoms with Crippen molar-refractivity contribution in [3.05, 3.63) is 64.2 Å². The molecule has 0 unspecified atom stereocenters. The van der Waals surface area contributed by atoms with E-state index in [2.05, 4.69) is 15.3 Å². The molecule has 1 heterocycles. The van der Waals surface area contributed by atoms with Gasteiger partial charge in [0, 0.05) is 11.5 Å². The zero-order chi connectivity index (χ0) is 20.2. The van der Waals surface area contributed by atoms with Gasteiger partial charge in [0.2, 0.25) is 10.5 Å². The van der Waals surface area contributed by atoms with E-state index in [1.165, 1.54) is 0 Å². The van der Waals surface area contributed by atoms with Crippen molar-refractivity contribution in [2.24, 2.45) is 5.10 Å². The summed E-state index contributed by atoms with van der Waals surface area (Å²) >= 11 is 5.30. The first-order chi connectivity index (χ1) is 14.2. The minimum atomic E-state index is 0.413. The molecular formula is C21H22N4O3S. The highest BCUT2D eigenvalue weighted by Gasteiger charge is 2.29. The molecule has 0 atom stereocenters. The Morgan fingerprint density at radius 3 is 2.48 bits per heavy atom. The molecule has 0 saturated heterocycles. The van der Waals surface area contributed by atoms with Crippen LogP contribution in [0.4, 0.5) is 0 Å². The monoisotopic (exact) mass is 410 g/mol. The maximum atomic E-state index is 5.99. The van der Waals surface area contributed by atoms with Crippen LogP contribution in [0.25, 0.3) is 0 Å². The Kier molecular flexibility index (Phi) is 5.62. The van der Waals surface area contributed by atoms with Crippen LogP contribution in [0.1, 0.15) is 35.7 Å². The van der Waals surface area contributed by atoms with Crippen LogP contribution >= 0.6 is 12.2 Å². The Hall–Kier alpha value is -3.13. The number of hydrogen-bond donors (Lipinski definition) is 1. The molecule has 1 aromatic heterocycles. The van der Waals surface area contributed by atoms with Crippen molar-refractivity contribution in [3.8, 4) is 17.2 Å². The van der Waals surface area contributed by atoms with Crippen LogP contribution in [0.15, 0.2) is 47.6 Å².